The highest BCUT2D eigenvalue weighted by molar-refractivity contribution is 9.10. The Hall–Kier alpha value is -1.08. The van der Waals surface area contributed by atoms with Gasteiger partial charge in [0, 0.05) is 11.1 Å². The Bertz CT molecular complexity index is 582. The van der Waals surface area contributed by atoms with Crippen LogP contribution in [0.25, 0.3) is 0 Å². The van der Waals surface area contributed by atoms with E-state index in [0.29, 0.717) is 20.3 Å². The van der Waals surface area contributed by atoms with Crippen LogP contribution in [0, 0.1) is 0 Å². The molecule has 0 aliphatic rings. The fourth-order valence-corrected chi connectivity index (χ4v) is 1.74. The molecule has 2 rings (SSSR count). The van der Waals surface area contributed by atoms with E-state index in [1.54, 1.807) is 18.2 Å². The molecule has 0 saturated heterocycles. The monoisotopic (exact) mass is 348 g/mol. The molecule has 18 heavy (non-hydrogen) atoms. The fraction of sp³-hybridized carbons (Fsp3) is 0. The average Bonchev–Trinajstić information content (AvgIpc) is 2.36. The molecule has 0 bridgehead atoms. The number of rotatable bonds is 3. The third kappa shape index (κ3) is 3.02. The van der Waals surface area contributed by atoms with E-state index in [1.807, 2.05) is 0 Å². The summed E-state index contributed by atoms with van der Waals surface area (Å²) in [4.78, 5) is 7.94. The number of anilines is 1. The second-order valence-electron chi connectivity index (χ2n) is 3.17. The lowest BCUT2D eigenvalue weighted by atomic mass is 10.3. The van der Waals surface area contributed by atoms with Crippen LogP contribution in [-0.2, 0) is 0 Å². The van der Waals surface area contributed by atoms with Gasteiger partial charge in [-0.15, -0.1) is 0 Å². The van der Waals surface area contributed by atoms with Crippen molar-refractivity contribution in [2.24, 2.45) is 5.84 Å². The predicted molar refractivity (Wildman–Crippen MR) is 74.1 cm³/mol. The molecule has 5 nitrogen and oxygen atoms in total. The number of hydrazine groups is 1. The van der Waals surface area contributed by atoms with Gasteiger partial charge in [-0.3, -0.25) is 5.43 Å². The third-order valence-electron chi connectivity index (χ3n) is 1.94. The normalized spacial score (nSPS) is 10.2. The fourth-order valence-electron chi connectivity index (χ4n) is 1.15. The summed E-state index contributed by atoms with van der Waals surface area (Å²) in [5.41, 5.74) is 2.32. The minimum atomic E-state index is 0.228. The summed E-state index contributed by atoms with van der Waals surface area (Å²) in [6.07, 6.45) is 1.51. The number of benzene rings is 1. The maximum Gasteiger partial charge on any atom is 0.240 e. The van der Waals surface area contributed by atoms with Gasteiger partial charge >= 0.3 is 0 Å². The molecule has 0 amide bonds. The summed E-state index contributed by atoms with van der Waals surface area (Å²) in [5.74, 6) is 6.13. The summed E-state index contributed by atoms with van der Waals surface area (Å²) < 4.78 is 6.12. The maximum absolute atomic E-state index is 5.99. The van der Waals surface area contributed by atoms with Gasteiger partial charge in [-0.2, -0.15) is 4.98 Å². The molecular formula is C10H7BrCl2N4O. The molecule has 0 aliphatic heterocycles. The molecule has 1 heterocycles. The number of aromatic nitrogens is 2. The number of hydrogen-bond donors (Lipinski definition) is 2. The number of hydrogen-bond acceptors (Lipinski definition) is 5. The Labute approximate surface area is 121 Å². The van der Waals surface area contributed by atoms with E-state index in [9.17, 15) is 0 Å². The van der Waals surface area contributed by atoms with Crippen molar-refractivity contribution >= 4 is 45.1 Å². The van der Waals surface area contributed by atoms with Crippen LogP contribution in [0.2, 0.25) is 10.0 Å². The van der Waals surface area contributed by atoms with Crippen molar-refractivity contribution in [3.63, 3.8) is 0 Å². The molecule has 3 N–H and O–H groups in total. The summed E-state index contributed by atoms with van der Waals surface area (Å²) >= 11 is 15.1. The van der Waals surface area contributed by atoms with Crippen molar-refractivity contribution in [2.45, 2.75) is 0 Å². The number of nitrogens with two attached hydrogens (primary N) is 1. The SMILES string of the molecule is NNc1ncc(Br)c(Oc2cc(Cl)ccc2Cl)n1. The van der Waals surface area contributed by atoms with Gasteiger partial charge in [-0.25, -0.2) is 10.8 Å². The van der Waals surface area contributed by atoms with Gasteiger partial charge in [-0.05, 0) is 28.1 Å². The zero-order chi connectivity index (χ0) is 13.1. The summed E-state index contributed by atoms with van der Waals surface area (Å²) in [6.45, 7) is 0. The topological polar surface area (TPSA) is 73.1 Å². The minimum Gasteiger partial charge on any atom is -0.436 e. The van der Waals surface area contributed by atoms with Crippen molar-refractivity contribution in [3.05, 3.63) is 38.9 Å². The Kier molecular flexibility index (Phi) is 4.23. The Balaban J connectivity index is 2.36. The lowest BCUT2D eigenvalue weighted by Crippen LogP contribution is -2.10. The molecule has 8 heteroatoms. The van der Waals surface area contributed by atoms with Crippen molar-refractivity contribution in [1.29, 1.82) is 0 Å². The van der Waals surface area contributed by atoms with Crippen LogP contribution in [0.4, 0.5) is 5.95 Å². The van der Waals surface area contributed by atoms with Crippen LogP contribution < -0.4 is 16.0 Å². The first-order chi connectivity index (χ1) is 8.60. The Morgan fingerprint density at radius 1 is 1.33 bits per heavy atom. The summed E-state index contributed by atoms with van der Waals surface area (Å²) in [7, 11) is 0. The molecule has 2 aromatic rings. The van der Waals surface area contributed by atoms with Gasteiger partial charge in [0.2, 0.25) is 11.8 Å². The molecule has 0 fully saturated rings. The molecule has 94 valence electrons. The van der Waals surface area contributed by atoms with Crippen LogP contribution in [0.5, 0.6) is 11.6 Å². The molecule has 0 spiro atoms. The van der Waals surface area contributed by atoms with Crippen LogP contribution in [-0.4, -0.2) is 9.97 Å². The molecular weight excluding hydrogens is 343 g/mol. The van der Waals surface area contributed by atoms with Gasteiger partial charge in [-0.1, -0.05) is 23.2 Å². The quantitative estimate of drug-likeness (QED) is 0.654. The Morgan fingerprint density at radius 2 is 2.11 bits per heavy atom. The Morgan fingerprint density at radius 3 is 2.83 bits per heavy atom. The first kappa shape index (κ1) is 13.4. The third-order valence-corrected chi connectivity index (χ3v) is 3.03. The van der Waals surface area contributed by atoms with Gasteiger partial charge < -0.3 is 4.74 Å². The zero-order valence-electron chi connectivity index (χ0n) is 8.82. The van der Waals surface area contributed by atoms with Crippen LogP contribution in [0.1, 0.15) is 0 Å². The first-order valence-electron chi connectivity index (χ1n) is 4.72. The molecule has 0 unspecified atom stereocenters. The largest absolute Gasteiger partial charge is 0.436 e. The zero-order valence-corrected chi connectivity index (χ0v) is 11.9. The number of ether oxygens (including phenoxy) is 1. The highest BCUT2D eigenvalue weighted by atomic mass is 79.9. The summed E-state index contributed by atoms with van der Waals surface area (Å²) in [5, 5.41) is 0.934. The van der Waals surface area contributed by atoms with Gasteiger partial charge in [0.15, 0.2) is 0 Å². The van der Waals surface area contributed by atoms with E-state index < -0.39 is 0 Å². The van der Waals surface area contributed by atoms with Crippen molar-refractivity contribution < 1.29 is 4.74 Å². The molecule has 0 saturated carbocycles. The summed E-state index contributed by atoms with van der Waals surface area (Å²) in [6, 6.07) is 4.89. The predicted octanol–water partition coefficient (Wildman–Crippen LogP) is 3.62. The van der Waals surface area contributed by atoms with E-state index in [2.05, 4.69) is 31.3 Å². The molecule has 0 radical (unpaired) electrons. The number of nitrogens with zero attached hydrogens (tertiary/aromatic N) is 2. The lowest BCUT2D eigenvalue weighted by Gasteiger charge is -2.09. The van der Waals surface area contributed by atoms with E-state index in [4.69, 9.17) is 33.8 Å². The molecule has 1 aromatic carbocycles. The van der Waals surface area contributed by atoms with E-state index in [1.165, 1.54) is 6.20 Å². The first-order valence-corrected chi connectivity index (χ1v) is 6.27. The standard InChI is InChI=1S/C10H7BrCl2N4O/c11-6-4-15-10(17-14)16-9(6)18-8-3-5(12)1-2-7(8)13/h1-4H,14H2,(H,15,16,17). The van der Waals surface area contributed by atoms with Crippen molar-refractivity contribution in [2.75, 3.05) is 5.43 Å². The van der Waals surface area contributed by atoms with E-state index in [0.717, 1.165) is 0 Å². The highest BCUT2D eigenvalue weighted by Crippen LogP contribution is 2.34. The van der Waals surface area contributed by atoms with Crippen LogP contribution in [0.15, 0.2) is 28.9 Å². The van der Waals surface area contributed by atoms with E-state index >= 15 is 0 Å². The average molecular weight is 350 g/mol. The van der Waals surface area contributed by atoms with Gasteiger partial charge in [0.25, 0.3) is 0 Å². The van der Waals surface area contributed by atoms with Gasteiger partial charge in [0.1, 0.15) is 5.75 Å². The van der Waals surface area contributed by atoms with E-state index in [-0.39, 0.29) is 11.8 Å². The number of halogens is 3. The lowest BCUT2D eigenvalue weighted by molar-refractivity contribution is 0.459. The highest BCUT2D eigenvalue weighted by Gasteiger charge is 2.10. The molecule has 1 aromatic heterocycles. The number of nitrogens with one attached hydrogen (secondary N) is 1. The minimum absolute atomic E-state index is 0.228. The van der Waals surface area contributed by atoms with Crippen LogP contribution in [0.3, 0.4) is 0 Å². The molecule has 0 aliphatic carbocycles. The van der Waals surface area contributed by atoms with Crippen molar-refractivity contribution in [1.82, 2.24) is 9.97 Å². The number of nitrogen functional groups attached to an aromatic ring is 1. The van der Waals surface area contributed by atoms with Gasteiger partial charge in [0.05, 0.1) is 15.7 Å². The van der Waals surface area contributed by atoms with Crippen LogP contribution >= 0.6 is 39.1 Å². The molecule has 0 atom stereocenters. The second-order valence-corrected chi connectivity index (χ2v) is 4.87. The maximum atomic E-state index is 5.99. The smallest absolute Gasteiger partial charge is 0.240 e. The van der Waals surface area contributed by atoms with Crippen molar-refractivity contribution in [3.8, 4) is 11.6 Å². The second kappa shape index (κ2) is 5.71.